The lowest BCUT2D eigenvalue weighted by molar-refractivity contribution is -0.336. The summed E-state index contributed by atoms with van der Waals surface area (Å²) in [5, 5.41) is 41.8. The molecule has 0 bridgehead atoms. The number of rotatable bonds is 10. The first-order chi connectivity index (χ1) is 22.0. The molecule has 11 nitrogen and oxygen atoms in total. The number of hydrogen-bond acceptors (Lipinski definition) is 10. The van der Waals surface area contributed by atoms with Gasteiger partial charge in [-0.25, -0.2) is 0 Å². The van der Waals surface area contributed by atoms with Gasteiger partial charge in [0.15, 0.2) is 11.6 Å². The van der Waals surface area contributed by atoms with Gasteiger partial charge in [0.1, 0.15) is 0 Å². The Morgan fingerprint density at radius 3 is 2.34 bits per heavy atom. The molecule has 0 amide bonds. The van der Waals surface area contributed by atoms with Gasteiger partial charge in [0, 0.05) is 37.7 Å². The van der Waals surface area contributed by atoms with E-state index in [0.717, 1.165) is 32.1 Å². The van der Waals surface area contributed by atoms with E-state index in [1.807, 2.05) is 20.8 Å². The van der Waals surface area contributed by atoms with Crippen molar-refractivity contribution in [1.29, 1.82) is 0 Å². The van der Waals surface area contributed by atoms with Crippen LogP contribution in [0.4, 0.5) is 0 Å². The first kappa shape index (κ1) is 37.4. The van der Waals surface area contributed by atoms with Gasteiger partial charge in [0.05, 0.1) is 66.5 Å². The molecule has 5 saturated heterocycles. The number of aliphatic carboxylic acids is 1. The lowest BCUT2D eigenvalue weighted by Crippen LogP contribution is -2.57. The molecule has 5 heterocycles. The van der Waals surface area contributed by atoms with Gasteiger partial charge in [0.2, 0.25) is 0 Å². The fraction of sp³-hybridized carbons (Fsp3) is 0.972. The Bertz CT molecular complexity index is 1110. The van der Waals surface area contributed by atoms with Crippen molar-refractivity contribution in [1.82, 2.24) is 0 Å². The van der Waals surface area contributed by atoms with Crippen molar-refractivity contribution in [2.75, 3.05) is 13.7 Å². The fourth-order valence-electron chi connectivity index (χ4n) is 9.91. The zero-order valence-electron chi connectivity index (χ0n) is 30.0. The van der Waals surface area contributed by atoms with Crippen molar-refractivity contribution >= 4 is 5.97 Å². The van der Waals surface area contributed by atoms with Crippen LogP contribution < -0.4 is 0 Å². The van der Waals surface area contributed by atoms with Crippen LogP contribution in [0.25, 0.3) is 0 Å². The molecule has 0 aliphatic carbocycles. The Morgan fingerprint density at radius 2 is 1.72 bits per heavy atom. The van der Waals surface area contributed by atoms with Gasteiger partial charge < -0.3 is 48.8 Å². The minimum atomic E-state index is -1.56. The molecule has 5 rings (SSSR count). The van der Waals surface area contributed by atoms with E-state index < -0.39 is 59.6 Å². The van der Waals surface area contributed by atoms with E-state index in [0.29, 0.717) is 19.3 Å². The molecule has 272 valence electrons. The molecule has 4 N–H and O–H groups in total. The van der Waals surface area contributed by atoms with E-state index in [4.69, 9.17) is 28.4 Å². The van der Waals surface area contributed by atoms with E-state index in [9.17, 15) is 25.2 Å². The zero-order valence-corrected chi connectivity index (χ0v) is 30.0. The fourth-order valence-corrected chi connectivity index (χ4v) is 9.91. The maximum absolute atomic E-state index is 11.8. The van der Waals surface area contributed by atoms with Gasteiger partial charge in [-0.1, -0.05) is 41.5 Å². The molecule has 1 unspecified atom stereocenters. The lowest BCUT2D eigenvalue weighted by atomic mass is 9.78. The zero-order chi connectivity index (χ0) is 34.7. The van der Waals surface area contributed by atoms with Crippen LogP contribution in [0.15, 0.2) is 0 Å². The van der Waals surface area contributed by atoms with Gasteiger partial charge in [-0.2, -0.15) is 0 Å². The van der Waals surface area contributed by atoms with Crippen molar-refractivity contribution in [2.24, 2.45) is 35.5 Å². The van der Waals surface area contributed by atoms with Crippen LogP contribution in [0.5, 0.6) is 0 Å². The number of aliphatic hydroxyl groups is 3. The first-order valence-corrected chi connectivity index (χ1v) is 18.1. The number of carboxylic acid groups (broad SMARTS) is 1. The molecule has 47 heavy (non-hydrogen) atoms. The number of carbonyl (C=O) groups is 1. The highest BCUT2D eigenvalue weighted by atomic mass is 16.7. The molecule has 0 radical (unpaired) electrons. The third kappa shape index (κ3) is 6.67. The molecular formula is C36H62O11. The summed E-state index contributed by atoms with van der Waals surface area (Å²) in [5.41, 5.74) is -1.15. The minimum Gasteiger partial charge on any atom is -0.481 e. The summed E-state index contributed by atoms with van der Waals surface area (Å²) in [5.74, 6) is -4.52. The molecule has 0 aromatic carbocycles. The van der Waals surface area contributed by atoms with Gasteiger partial charge >= 0.3 is 5.97 Å². The maximum atomic E-state index is 11.8. The number of methoxy groups -OCH3 is 1. The molecule has 0 aromatic rings. The topological polar surface area (TPSA) is 153 Å². The van der Waals surface area contributed by atoms with Crippen molar-refractivity contribution < 1.29 is 53.6 Å². The number of carboxylic acids is 1. The summed E-state index contributed by atoms with van der Waals surface area (Å²) in [6.07, 6.45) is 2.99. The molecule has 0 aromatic heterocycles. The first-order valence-electron chi connectivity index (χ1n) is 18.1. The summed E-state index contributed by atoms with van der Waals surface area (Å²) in [4.78, 5) is 11.8. The standard InChI is InChI=1S/C36H62O11/c1-10-34(31-20(3)16-26(43-31)28-19(2)15-21(4)36(41,18-37)46-28)12-11-27(44-34)33(8)13-14-35(47-33)17-25(38)22(5)30(45-35)23(6)29(42-9)24(7)32(39)40/h19-31,37-38,41H,10-18H2,1-9H3,(H,39,40)/t19-,20-,21+,22+,23-,24?,25-,26+,27+,28-,29+,30-,31+,33-,34-,35+,36-/m0/s1. The smallest absolute Gasteiger partial charge is 0.308 e. The van der Waals surface area contributed by atoms with Crippen molar-refractivity contribution in [3.63, 3.8) is 0 Å². The quantitative estimate of drug-likeness (QED) is 0.264. The average molecular weight is 671 g/mol. The van der Waals surface area contributed by atoms with Crippen LogP contribution in [0.3, 0.4) is 0 Å². The van der Waals surface area contributed by atoms with Crippen LogP contribution in [-0.2, 0) is 33.2 Å². The van der Waals surface area contributed by atoms with Crippen LogP contribution in [-0.4, -0.2) is 106 Å². The average Bonchev–Trinajstić information content (AvgIpc) is 3.73. The highest BCUT2D eigenvalue weighted by Gasteiger charge is 2.62. The van der Waals surface area contributed by atoms with E-state index in [1.165, 1.54) is 7.11 Å². The third-order valence-electron chi connectivity index (χ3n) is 13.0. The molecule has 1 spiro atoms. The molecular weight excluding hydrogens is 608 g/mol. The maximum Gasteiger partial charge on any atom is 0.308 e. The van der Waals surface area contributed by atoms with Crippen LogP contribution in [0.1, 0.15) is 107 Å². The predicted molar refractivity (Wildman–Crippen MR) is 172 cm³/mol. The predicted octanol–water partition coefficient (Wildman–Crippen LogP) is 4.27. The molecule has 5 aliphatic rings. The SMILES string of the molecule is CC[C@@]1([C@@H]2O[C@@H]([C@H]3O[C@@](O)(CO)[C@H](C)C[C@@H]3C)C[C@@H]2C)CC[C@H]([C@]2(C)CC[C@]3(C[C@H](O)[C@@H](C)[C@@H]([C@@H](C)[C@@H](OC)C(C)C(=O)O)O3)O2)O1. The van der Waals surface area contributed by atoms with Crippen LogP contribution >= 0.6 is 0 Å². The Morgan fingerprint density at radius 1 is 1.02 bits per heavy atom. The number of ether oxygens (including phenoxy) is 6. The Balaban J connectivity index is 1.29. The molecule has 5 aliphatic heterocycles. The van der Waals surface area contributed by atoms with Gasteiger partial charge in [-0.05, 0) is 64.2 Å². The highest BCUT2D eigenvalue weighted by Crippen LogP contribution is 2.55. The summed E-state index contributed by atoms with van der Waals surface area (Å²) in [6.45, 7) is 15.6. The van der Waals surface area contributed by atoms with Gasteiger partial charge in [0.25, 0.3) is 0 Å². The van der Waals surface area contributed by atoms with Crippen molar-refractivity contribution in [2.45, 2.75) is 172 Å². The Kier molecular flexibility index (Phi) is 10.9. The highest BCUT2D eigenvalue weighted by molar-refractivity contribution is 5.70. The Hall–Kier alpha value is -0.890. The van der Waals surface area contributed by atoms with E-state index in [1.54, 1.807) is 6.92 Å². The van der Waals surface area contributed by atoms with Crippen molar-refractivity contribution in [3.8, 4) is 0 Å². The Labute approximate surface area is 281 Å². The summed E-state index contributed by atoms with van der Waals surface area (Å²) in [7, 11) is 1.52. The normalized spacial score (nSPS) is 50.9. The summed E-state index contributed by atoms with van der Waals surface area (Å²) in [6, 6.07) is 0. The van der Waals surface area contributed by atoms with Crippen LogP contribution in [0.2, 0.25) is 0 Å². The largest absolute Gasteiger partial charge is 0.481 e. The second kappa shape index (κ2) is 13.7. The monoisotopic (exact) mass is 670 g/mol. The number of hydrogen-bond donors (Lipinski definition) is 4. The van der Waals surface area contributed by atoms with Gasteiger partial charge in [-0.15, -0.1) is 0 Å². The lowest BCUT2D eigenvalue weighted by Gasteiger charge is -2.49. The molecule has 5 fully saturated rings. The van der Waals surface area contributed by atoms with E-state index in [2.05, 4.69) is 27.7 Å². The van der Waals surface area contributed by atoms with Crippen molar-refractivity contribution in [3.05, 3.63) is 0 Å². The molecule has 17 atom stereocenters. The molecule has 11 heteroatoms. The van der Waals surface area contributed by atoms with E-state index in [-0.39, 0.29) is 54.0 Å². The minimum absolute atomic E-state index is 0.153. The number of aliphatic hydroxyl groups excluding tert-OH is 2. The molecule has 0 saturated carbocycles. The second-order valence-corrected chi connectivity index (χ2v) is 16.3. The third-order valence-corrected chi connectivity index (χ3v) is 13.0. The van der Waals surface area contributed by atoms with Gasteiger partial charge in [-0.3, -0.25) is 4.79 Å². The van der Waals surface area contributed by atoms with Crippen LogP contribution in [0, 0.1) is 35.5 Å². The summed E-state index contributed by atoms with van der Waals surface area (Å²) >= 11 is 0. The summed E-state index contributed by atoms with van der Waals surface area (Å²) < 4.78 is 39.4. The second-order valence-electron chi connectivity index (χ2n) is 16.3. The van der Waals surface area contributed by atoms with E-state index >= 15 is 0 Å².